The van der Waals surface area contributed by atoms with E-state index in [1.807, 2.05) is 19.0 Å². The molecule has 1 aliphatic heterocycles. The second-order valence-electron chi connectivity index (χ2n) is 3.60. The minimum Gasteiger partial charge on any atom is -0.367 e. The van der Waals surface area contributed by atoms with E-state index in [-0.39, 0.29) is 0 Å². The smallest absolute Gasteiger partial charge is 0.112 e. The van der Waals surface area contributed by atoms with Crippen LogP contribution in [0.3, 0.4) is 0 Å². The molecule has 1 fully saturated rings. The molecule has 0 aromatic rings. The third kappa shape index (κ3) is 4.10. The number of hydrazone groups is 1. The molecule has 76 valence electrons. The van der Waals surface area contributed by atoms with E-state index in [4.69, 9.17) is 0 Å². The number of nitrogens with one attached hydrogen (secondary N) is 1. The van der Waals surface area contributed by atoms with Crippen LogP contribution >= 0.6 is 0 Å². The molecule has 0 atom stereocenters. The summed E-state index contributed by atoms with van der Waals surface area (Å²) < 4.78 is 0. The Kier molecular flexibility index (Phi) is 3.98. The number of hydrogen-bond donors (Lipinski definition) is 1. The average molecular weight is 185 g/mol. The van der Waals surface area contributed by atoms with Crippen LogP contribution in [0.1, 0.15) is 0 Å². The fourth-order valence-electron chi connectivity index (χ4n) is 1.13. The molecular weight excluding hydrogens is 166 g/mol. The van der Waals surface area contributed by atoms with Gasteiger partial charge in [0.15, 0.2) is 0 Å². The Morgan fingerprint density at radius 2 is 1.85 bits per heavy atom. The van der Waals surface area contributed by atoms with Crippen molar-refractivity contribution in [3.8, 4) is 0 Å². The number of hydrazine groups is 1. The Morgan fingerprint density at radius 3 is 2.38 bits per heavy atom. The first kappa shape index (κ1) is 10.3. The molecule has 1 N–H and O–H groups in total. The van der Waals surface area contributed by atoms with Gasteiger partial charge in [-0.2, -0.15) is 5.10 Å². The lowest BCUT2D eigenvalue weighted by Crippen LogP contribution is -2.49. The molecule has 0 aliphatic carbocycles. The van der Waals surface area contributed by atoms with Gasteiger partial charge < -0.3 is 9.80 Å². The first-order valence-corrected chi connectivity index (χ1v) is 4.57. The van der Waals surface area contributed by atoms with Crippen molar-refractivity contribution in [1.82, 2.24) is 20.3 Å². The maximum absolute atomic E-state index is 4.08. The lowest BCUT2D eigenvalue weighted by Gasteiger charge is -2.31. The van der Waals surface area contributed by atoms with E-state index in [0.29, 0.717) is 0 Å². The molecule has 0 aromatic carbocycles. The molecule has 1 rings (SSSR count). The standard InChI is InChI=1S/C8H19N5/c1-11(2)8-9-10-13-6-4-12(3)5-7-13/h8,10H,4-7H2,1-3H3/b9-8+. The molecule has 5 nitrogen and oxygen atoms in total. The first-order valence-electron chi connectivity index (χ1n) is 4.57. The van der Waals surface area contributed by atoms with Crippen LogP contribution < -0.4 is 5.53 Å². The van der Waals surface area contributed by atoms with E-state index < -0.39 is 0 Å². The zero-order valence-electron chi connectivity index (χ0n) is 8.69. The molecule has 0 saturated carbocycles. The van der Waals surface area contributed by atoms with Gasteiger partial charge in [-0.05, 0) is 7.05 Å². The fraction of sp³-hybridized carbons (Fsp3) is 0.875. The molecule has 0 spiro atoms. The zero-order chi connectivity index (χ0) is 9.68. The highest BCUT2D eigenvalue weighted by Crippen LogP contribution is 1.94. The molecule has 0 radical (unpaired) electrons. The highest BCUT2D eigenvalue weighted by atomic mass is 15.7. The first-order chi connectivity index (χ1) is 6.18. The lowest BCUT2D eigenvalue weighted by atomic mass is 10.4. The average Bonchev–Trinajstić information content (AvgIpc) is 2.08. The maximum atomic E-state index is 4.08. The summed E-state index contributed by atoms with van der Waals surface area (Å²) in [6.07, 6.45) is 1.76. The summed E-state index contributed by atoms with van der Waals surface area (Å²) in [7, 11) is 6.05. The summed E-state index contributed by atoms with van der Waals surface area (Å²) in [5, 5.41) is 6.20. The van der Waals surface area contributed by atoms with E-state index in [2.05, 4.69) is 27.6 Å². The van der Waals surface area contributed by atoms with E-state index in [1.54, 1.807) is 6.34 Å². The van der Waals surface area contributed by atoms with Gasteiger partial charge in [0.2, 0.25) is 0 Å². The molecule has 0 bridgehead atoms. The van der Waals surface area contributed by atoms with Gasteiger partial charge in [-0.1, -0.05) is 0 Å². The van der Waals surface area contributed by atoms with Gasteiger partial charge in [0, 0.05) is 40.3 Å². The van der Waals surface area contributed by atoms with E-state index in [9.17, 15) is 0 Å². The predicted molar refractivity (Wildman–Crippen MR) is 54.4 cm³/mol. The van der Waals surface area contributed by atoms with Crippen LogP contribution in [0.4, 0.5) is 0 Å². The Bertz CT molecular complexity index is 160. The Morgan fingerprint density at radius 1 is 1.23 bits per heavy atom. The SMILES string of the molecule is CN(C)/C=N/NN1CCN(C)CC1. The molecule has 1 saturated heterocycles. The molecule has 0 aromatic heterocycles. The van der Waals surface area contributed by atoms with Crippen LogP contribution in [0.15, 0.2) is 5.10 Å². The van der Waals surface area contributed by atoms with Gasteiger partial charge in [0.05, 0.1) is 0 Å². The number of likely N-dealkylation sites (N-methyl/N-ethyl adjacent to an activating group) is 1. The van der Waals surface area contributed by atoms with Crippen LogP contribution in [-0.2, 0) is 0 Å². The molecule has 0 unspecified atom stereocenters. The van der Waals surface area contributed by atoms with E-state index in [1.165, 1.54) is 0 Å². The van der Waals surface area contributed by atoms with Gasteiger partial charge in [-0.3, -0.25) is 0 Å². The largest absolute Gasteiger partial charge is 0.367 e. The van der Waals surface area contributed by atoms with Crippen molar-refractivity contribution in [2.24, 2.45) is 5.10 Å². The van der Waals surface area contributed by atoms with Crippen molar-refractivity contribution in [1.29, 1.82) is 0 Å². The van der Waals surface area contributed by atoms with Crippen molar-refractivity contribution in [2.45, 2.75) is 0 Å². The molecule has 5 heteroatoms. The van der Waals surface area contributed by atoms with Gasteiger partial charge in [-0.15, -0.1) is 0 Å². The van der Waals surface area contributed by atoms with E-state index >= 15 is 0 Å². The van der Waals surface area contributed by atoms with Gasteiger partial charge >= 0.3 is 0 Å². The van der Waals surface area contributed by atoms with E-state index in [0.717, 1.165) is 26.2 Å². The summed E-state index contributed by atoms with van der Waals surface area (Å²) in [6.45, 7) is 4.26. The Hall–Kier alpha value is -0.810. The van der Waals surface area contributed by atoms with Crippen molar-refractivity contribution in [2.75, 3.05) is 47.3 Å². The van der Waals surface area contributed by atoms with Gasteiger partial charge in [-0.25, -0.2) is 10.5 Å². The maximum Gasteiger partial charge on any atom is 0.112 e. The number of hydrogen-bond acceptors (Lipinski definition) is 4. The van der Waals surface area contributed by atoms with Gasteiger partial charge in [0.1, 0.15) is 6.34 Å². The molecular formula is C8H19N5. The van der Waals surface area contributed by atoms with Crippen LogP contribution in [0.5, 0.6) is 0 Å². The normalized spacial score (nSPS) is 20.8. The quantitative estimate of drug-likeness (QED) is 0.356. The van der Waals surface area contributed by atoms with Crippen LogP contribution in [0.25, 0.3) is 0 Å². The summed E-state index contributed by atoms with van der Waals surface area (Å²) in [6, 6.07) is 0. The number of nitrogens with zero attached hydrogens (tertiary/aromatic N) is 4. The summed E-state index contributed by atoms with van der Waals surface area (Å²) in [4.78, 5) is 4.22. The molecule has 13 heavy (non-hydrogen) atoms. The third-order valence-electron chi connectivity index (χ3n) is 1.99. The summed E-state index contributed by atoms with van der Waals surface area (Å²) >= 11 is 0. The minimum absolute atomic E-state index is 1.03. The molecule has 1 heterocycles. The van der Waals surface area contributed by atoms with Crippen molar-refractivity contribution >= 4 is 6.34 Å². The van der Waals surface area contributed by atoms with Crippen LogP contribution in [0, 0.1) is 0 Å². The Labute approximate surface area is 80.0 Å². The highest BCUT2D eigenvalue weighted by Gasteiger charge is 2.11. The fourth-order valence-corrected chi connectivity index (χ4v) is 1.13. The Balaban J connectivity index is 2.15. The van der Waals surface area contributed by atoms with Crippen molar-refractivity contribution < 1.29 is 0 Å². The number of rotatable bonds is 3. The van der Waals surface area contributed by atoms with Gasteiger partial charge in [0.25, 0.3) is 0 Å². The summed E-state index contributed by atoms with van der Waals surface area (Å²) in [5.74, 6) is 0. The topological polar surface area (TPSA) is 34.1 Å². The van der Waals surface area contributed by atoms with Crippen LogP contribution in [-0.4, -0.2) is 68.5 Å². The summed E-state index contributed by atoms with van der Waals surface area (Å²) in [5.41, 5.74) is 3.01. The van der Waals surface area contributed by atoms with Crippen molar-refractivity contribution in [3.63, 3.8) is 0 Å². The zero-order valence-corrected chi connectivity index (χ0v) is 8.69. The monoisotopic (exact) mass is 185 g/mol. The third-order valence-corrected chi connectivity index (χ3v) is 1.99. The lowest BCUT2D eigenvalue weighted by molar-refractivity contribution is 0.106. The van der Waals surface area contributed by atoms with Crippen LogP contribution in [0.2, 0.25) is 0 Å². The minimum atomic E-state index is 1.03. The molecule has 1 aliphatic rings. The second-order valence-corrected chi connectivity index (χ2v) is 3.60. The van der Waals surface area contributed by atoms with Crippen molar-refractivity contribution in [3.05, 3.63) is 0 Å². The number of piperazine rings is 1. The highest BCUT2D eigenvalue weighted by molar-refractivity contribution is 5.53. The molecule has 0 amide bonds. The second kappa shape index (κ2) is 5.04. The predicted octanol–water partition coefficient (Wildman–Crippen LogP) is -0.757.